The minimum atomic E-state index is -0.836. The van der Waals surface area contributed by atoms with Crippen LogP contribution in [0.2, 0.25) is 0 Å². The molecule has 4 heterocycles. The molecule has 4 aromatic heterocycles. The Morgan fingerprint density at radius 1 is 0.736 bits per heavy atom. The van der Waals surface area contributed by atoms with Crippen LogP contribution in [0.1, 0.15) is 96.7 Å². The molecule has 0 unspecified atom stereocenters. The first-order valence-electron chi connectivity index (χ1n) is 22.7. The zero-order valence-corrected chi connectivity index (χ0v) is 41.2. The first-order chi connectivity index (χ1) is 34.1. The van der Waals surface area contributed by atoms with Gasteiger partial charge in [-0.1, -0.05) is 43.2 Å². The summed E-state index contributed by atoms with van der Waals surface area (Å²) in [4.78, 5) is 59.2. The molecule has 0 radical (unpaired) electrons. The van der Waals surface area contributed by atoms with Gasteiger partial charge >= 0.3 is 29.5 Å². The Hall–Kier alpha value is -7.88. The van der Waals surface area contributed by atoms with E-state index < -0.39 is 69.4 Å². The van der Waals surface area contributed by atoms with Gasteiger partial charge in [0.1, 0.15) is 22.8 Å². The molecule has 2 aliphatic carbocycles. The van der Waals surface area contributed by atoms with Crippen LogP contribution in [0.15, 0.2) is 64.3 Å². The molecule has 2 atom stereocenters. The molecule has 72 heavy (non-hydrogen) atoms. The lowest BCUT2D eigenvalue weighted by Gasteiger charge is -2.30. The Balaban J connectivity index is 0.000000205. The molecule has 2 aromatic carbocycles. The molecule has 0 aliphatic heterocycles. The van der Waals surface area contributed by atoms with E-state index >= 15 is 0 Å². The van der Waals surface area contributed by atoms with Gasteiger partial charge < -0.3 is 46.2 Å². The lowest BCUT2D eigenvalue weighted by molar-refractivity contribution is -0.390. The first kappa shape index (κ1) is 55.1. The molecule has 0 bridgehead atoms. The van der Waals surface area contributed by atoms with Crippen molar-refractivity contribution >= 4 is 23.8 Å². The predicted molar refractivity (Wildman–Crippen MR) is 251 cm³/mol. The van der Waals surface area contributed by atoms with Gasteiger partial charge in [0, 0.05) is 26.2 Å². The summed E-state index contributed by atoms with van der Waals surface area (Å²) in [6, 6.07) is 7.68. The number of halogens is 2. The summed E-state index contributed by atoms with van der Waals surface area (Å²) in [7, 11) is 0. The minimum Gasteiger partial charge on any atom is -0.444 e. The zero-order valence-electron chi connectivity index (χ0n) is 41.2. The lowest BCUT2D eigenvalue weighted by atomic mass is 9.83. The van der Waals surface area contributed by atoms with Crippen molar-refractivity contribution in [2.75, 3.05) is 51.1 Å². The number of nitro groups is 1. The molecule has 390 valence electrons. The van der Waals surface area contributed by atoms with E-state index in [2.05, 4.69) is 81.7 Å². The fourth-order valence-corrected chi connectivity index (χ4v) is 7.05. The van der Waals surface area contributed by atoms with E-state index in [9.17, 15) is 38.1 Å². The van der Waals surface area contributed by atoms with E-state index in [0.717, 1.165) is 15.7 Å². The molecule has 28 heteroatoms. The molecular weight excluding hydrogens is 955 g/mol. The van der Waals surface area contributed by atoms with Crippen molar-refractivity contribution in [1.82, 2.24) is 55.6 Å². The average molecular weight is 1010 g/mol. The summed E-state index contributed by atoms with van der Waals surface area (Å²) in [6.07, 6.45) is -0.00241. The summed E-state index contributed by atoms with van der Waals surface area (Å²) in [5, 5.41) is 40.5. The number of ether oxygens (including phenoxy) is 2. The molecule has 0 spiro atoms. The third-order valence-corrected chi connectivity index (χ3v) is 10.5. The third kappa shape index (κ3) is 14.4. The number of hydrogen-bond donors (Lipinski definition) is 4. The van der Waals surface area contributed by atoms with Crippen LogP contribution < -0.4 is 33.2 Å². The molecule has 0 fully saturated rings. The van der Waals surface area contributed by atoms with E-state index in [1.807, 2.05) is 20.8 Å². The summed E-state index contributed by atoms with van der Waals surface area (Å²) >= 11 is 0. The maximum Gasteiger partial charge on any atom is 0.446 e. The van der Waals surface area contributed by atoms with Crippen molar-refractivity contribution in [2.24, 2.45) is 5.73 Å². The predicted octanol–water partition coefficient (Wildman–Crippen LogP) is 5.00. The minimum absolute atomic E-state index is 0.105. The Morgan fingerprint density at radius 3 is 1.64 bits per heavy atom. The average Bonchev–Trinajstić information content (AvgIpc) is 4.12. The van der Waals surface area contributed by atoms with E-state index in [0.29, 0.717) is 37.1 Å². The van der Waals surface area contributed by atoms with Crippen LogP contribution in [0.3, 0.4) is 0 Å². The Kier molecular flexibility index (Phi) is 18.6. The van der Waals surface area contributed by atoms with Gasteiger partial charge in [0.15, 0.2) is 10.9 Å². The van der Waals surface area contributed by atoms with Gasteiger partial charge in [0.2, 0.25) is 17.5 Å². The third-order valence-electron chi connectivity index (χ3n) is 10.5. The summed E-state index contributed by atoms with van der Waals surface area (Å²) in [5.74, 6) is -2.94. The molecule has 8 rings (SSSR count). The van der Waals surface area contributed by atoms with Crippen molar-refractivity contribution in [3.63, 3.8) is 0 Å². The summed E-state index contributed by atoms with van der Waals surface area (Å²) in [5.41, 5.74) is 7.04. The number of carbonyl (C=O) groups excluding carboxylic acids is 2. The quantitative estimate of drug-likeness (QED) is 0.0633. The molecule has 2 amide bonds. The van der Waals surface area contributed by atoms with Crippen LogP contribution in [-0.4, -0.2) is 119 Å². The first-order valence-corrected chi connectivity index (χ1v) is 22.7. The number of nitrogens with zero attached hydrogens (tertiary/aromatic N) is 10. The topological polar surface area (TPSA) is 335 Å². The summed E-state index contributed by atoms with van der Waals surface area (Å²) in [6.45, 7) is 22.3. The highest BCUT2D eigenvalue weighted by atomic mass is 19.1. The number of benzene rings is 2. The van der Waals surface area contributed by atoms with Crippen molar-refractivity contribution in [2.45, 2.75) is 98.4 Å². The normalized spacial score (nSPS) is 14.3. The highest BCUT2D eigenvalue weighted by Crippen LogP contribution is 2.40. The van der Waals surface area contributed by atoms with Gasteiger partial charge in [-0.3, -0.25) is 9.05 Å². The van der Waals surface area contributed by atoms with E-state index in [1.165, 1.54) is 48.5 Å². The van der Waals surface area contributed by atoms with E-state index in [-0.39, 0.29) is 41.9 Å². The van der Waals surface area contributed by atoms with Gasteiger partial charge in [-0.15, -0.1) is 4.63 Å². The van der Waals surface area contributed by atoms with E-state index in [1.54, 1.807) is 32.9 Å². The van der Waals surface area contributed by atoms with Gasteiger partial charge in [-0.05, 0) is 141 Å². The highest BCUT2D eigenvalue weighted by Gasteiger charge is 2.38. The van der Waals surface area contributed by atoms with Crippen LogP contribution in [-0.2, 0) is 22.3 Å². The molecule has 2 aliphatic rings. The fourth-order valence-electron chi connectivity index (χ4n) is 7.05. The number of amides is 2. The van der Waals surface area contributed by atoms with Gasteiger partial charge in [0.25, 0.3) is 5.69 Å². The number of nitrogens with one attached hydrogen (secondary N) is 3. The van der Waals surface area contributed by atoms with Crippen LogP contribution in [0.25, 0.3) is 23.0 Å². The van der Waals surface area contributed by atoms with Crippen molar-refractivity contribution in [3.8, 4) is 23.0 Å². The van der Waals surface area contributed by atoms with Crippen LogP contribution in [0.4, 0.5) is 30.0 Å². The molecule has 6 aromatic rings. The van der Waals surface area contributed by atoms with Gasteiger partial charge in [-0.25, -0.2) is 41.7 Å². The smallest absolute Gasteiger partial charge is 0.444 e. The molecular formula is C44H58F2N14O12. The number of hydrogen-bond acceptors (Lipinski definition) is 21. The lowest BCUT2D eigenvalue weighted by Crippen LogP contribution is -2.35. The Morgan fingerprint density at radius 2 is 1.19 bits per heavy atom. The monoisotopic (exact) mass is 1010 g/mol. The number of carbonyl (C=O) groups is 2. The second-order valence-corrected chi connectivity index (χ2v) is 17.8. The number of rotatable bonds is 14. The maximum atomic E-state index is 13.6. The van der Waals surface area contributed by atoms with Crippen LogP contribution in [0, 0.1) is 21.7 Å². The van der Waals surface area contributed by atoms with Crippen LogP contribution in [0.5, 0.6) is 0 Å². The van der Waals surface area contributed by atoms with Crippen molar-refractivity contribution in [1.29, 1.82) is 0 Å². The number of alkyl carbamates (subject to hydrolysis) is 2. The zero-order chi connectivity index (χ0) is 52.9. The highest BCUT2D eigenvalue weighted by molar-refractivity contribution is 5.68. The second-order valence-electron chi connectivity index (χ2n) is 17.8. The number of nitrogens with two attached hydrogens (primary N) is 1. The second kappa shape index (κ2) is 24.3. The van der Waals surface area contributed by atoms with Crippen molar-refractivity contribution < 1.29 is 51.1 Å². The van der Waals surface area contributed by atoms with E-state index in [4.69, 9.17) is 24.4 Å². The Bertz CT molecular complexity index is 2890. The largest absolute Gasteiger partial charge is 0.446 e. The standard InChI is InChI=1S/C19H21FN6O5.C12H6FN5O5.C7H16N2O2.C6H15N/c1-19(2,3)29-17(27)22-7-6-21-15-14(23-31-24-15)16-25-30-18(28)26(16)13-8-10-4-5-11(20)9-12(10)13;13-6-2-1-5-3-8(7(5)4-6)17-10(15-22-12(17)19)9-11(18(20)21)16-23-14-9;1-7(2,3)11-6(10)9-5-4-8;1-4-7(5-2)6-3/h4-5,9,13H,6-8H2,1-3H3,(H,21,24)(H,22,27);1-2,4,8H,3H2;4-5,8H2,1-3H3,(H,9,10);4-6H2,1-3H3/t13-;8-;;/m00../s1. The fraction of sp³-hybridized carbons (Fsp3) is 0.500. The number of aromatic nitrogens is 8. The summed E-state index contributed by atoms with van der Waals surface area (Å²) < 4.78 is 58.1. The molecule has 5 N–H and O–H groups in total. The van der Waals surface area contributed by atoms with Crippen LogP contribution >= 0.6 is 0 Å². The van der Waals surface area contributed by atoms with Gasteiger partial charge in [0.05, 0.1) is 12.1 Å². The molecule has 26 nitrogen and oxygen atoms in total. The molecule has 0 saturated carbocycles. The van der Waals surface area contributed by atoms with Gasteiger partial charge in [-0.2, -0.15) is 0 Å². The Labute approximate surface area is 409 Å². The number of anilines is 1. The molecule has 0 saturated heterocycles. The van der Waals surface area contributed by atoms with Crippen molar-refractivity contribution in [3.05, 3.63) is 102 Å². The number of fused-ring (bicyclic) bond motifs is 2. The SMILES string of the molecule is CC(C)(C)OC(=O)NCCN.CC(C)(C)OC(=O)NCCNc1nonc1-c1noc(=O)n1[C@H]1Cc2ccc(F)cc21.CCN(CC)CC.O=c1onc(-c2nonc2[N+](=O)[O-])n1[C@H]1Cc2ccc(F)cc21. The maximum absolute atomic E-state index is 13.6.